The topological polar surface area (TPSA) is 209 Å². The fourth-order valence-electron chi connectivity index (χ4n) is 5.13. The van der Waals surface area contributed by atoms with Crippen LogP contribution in [-0.2, 0) is 19.1 Å². The van der Waals surface area contributed by atoms with Crippen LogP contribution in [-0.4, -0.2) is 71.5 Å². The molecule has 3 rings (SSSR count). The third-order valence-electron chi connectivity index (χ3n) is 7.28. The Morgan fingerprint density at radius 2 is 1.87 bits per heavy atom. The van der Waals surface area contributed by atoms with Crippen molar-refractivity contribution in [3.63, 3.8) is 0 Å². The van der Waals surface area contributed by atoms with E-state index in [0.717, 1.165) is 10.9 Å². The number of benzene rings is 1. The van der Waals surface area contributed by atoms with Crippen molar-refractivity contribution in [3.8, 4) is 0 Å². The SMILES string of the molecule is Cc1cc(=O)oc2cc(NC(=O)C(CCCNC(=N)N)NC(=O)C3CCCN3C(=O)C(NC(=O)OC(C)(C)C)C(C)C)ccc12. The van der Waals surface area contributed by atoms with E-state index in [1.165, 1.54) is 11.0 Å². The standard InChI is InChI=1S/C31H45N7O7/c1-17(2)25(37-30(43)45-31(4,5)6)28(42)38-14-8-10-22(38)27(41)36-21(9-7-13-34-29(32)33)26(40)35-19-11-12-20-18(3)15-24(39)44-23(20)16-19/h11-12,15-17,21-22,25H,7-10,13-14H2,1-6H3,(H,35,40)(H,36,41)(H,37,43)(H4,32,33,34). The maximum Gasteiger partial charge on any atom is 0.408 e. The second-order valence-electron chi connectivity index (χ2n) is 12.6. The number of aryl methyl sites for hydroxylation is 1. The Morgan fingerprint density at radius 3 is 2.51 bits per heavy atom. The number of likely N-dealkylation sites (tertiary alicyclic amines) is 1. The van der Waals surface area contributed by atoms with Gasteiger partial charge in [0.05, 0.1) is 0 Å². The molecule has 7 N–H and O–H groups in total. The minimum Gasteiger partial charge on any atom is -0.444 e. The predicted molar refractivity (Wildman–Crippen MR) is 170 cm³/mol. The number of nitrogens with one attached hydrogen (secondary N) is 5. The maximum absolute atomic E-state index is 13.6. The van der Waals surface area contributed by atoms with Crippen molar-refractivity contribution >= 4 is 46.4 Å². The first kappa shape index (κ1) is 34.9. The monoisotopic (exact) mass is 627 g/mol. The summed E-state index contributed by atoms with van der Waals surface area (Å²) in [4.78, 5) is 66.5. The molecule has 1 aromatic carbocycles. The van der Waals surface area contributed by atoms with Crippen LogP contribution < -0.4 is 32.6 Å². The predicted octanol–water partition coefficient (Wildman–Crippen LogP) is 2.33. The third-order valence-corrected chi connectivity index (χ3v) is 7.28. The van der Waals surface area contributed by atoms with Gasteiger partial charge in [0.2, 0.25) is 17.7 Å². The highest BCUT2D eigenvalue weighted by Gasteiger charge is 2.40. The van der Waals surface area contributed by atoms with E-state index >= 15 is 0 Å². The van der Waals surface area contributed by atoms with E-state index < -0.39 is 53.2 Å². The molecule has 14 heteroatoms. The lowest BCUT2D eigenvalue weighted by molar-refractivity contribution is -0.141. The Hall–Kier alpha value is -4.62. The summed E-state index contributed by atoms with van der Waals surface area (Å²) in [5.74, 6) is -1.92. The van der Waals surface area contributed by atoms with Gasteiger partial charge in [0.1, 0.15) is 29.3 Å². The molecule has 246 valence electrons. The molecular formula is C31H45N7O7. The minimum absolute atomic E-state index is 0.203. The van der Waals surface area contributed by atoms with E-state index in [0.29, 0.717) is 43.6 Å². The molecule has 0 saturated carbocycles. The number of amides is 4. The first-order chi connectivity index (χ1) is 21.1. The summed E-state index contributed by atoms with van der Waals surface area (Å²) >= 11 is 0. The molecule has 2 heterocycles. The number of alkyl carbamates (subject to hydrolysis) is 1. The molecule has 0 aliphatic carbocycles. The first-order valence-electron chi connectivity index (χ1n) is 15.1. The Bertz CT molecular complexity index is 1480. The molecule has 1 saturated heterocycles. The molecule has 4 amide bonds. The molecular weight excluding hydrogens is 582 g/mol. The van der Waals surface area contributed by atoms with Crippen LogP contribution in [0.25, 0.3) is 11.0 Å². The molecule has 3 unspecified atom stereocenters. The fraction of sp³-hybridized carbons (Fsp3) is 0.548. The minimum atomic E-state index is -0.996. The molecule has 0 spiro atoms. The zero-order chi connectivity index (χ0) is 33.5. The largest absolute Gasteiger partial charge is 0.444 e. The van der Waals surface area contributed by atoms with Crippen LogP contribution >= 0.6 is 0 Å². The molecule has 2 aromatic rings. The lowest BCUT2D eigenvalue weighted by Gasteiger charge is -2.31. The number of carbonyl (C=O) groups excluding carboxylic acids is 4. The van der Waals surface area contributed by atoms with E-state index in [-0.39, 0.29) is 18.3 Å². The lowest BCUT2D eigenvalue weighted by Crippen LogP contribution is -2.57. The van der Waals surface area contributed by atoms with E-state index in [2.05, 4.69) is 21.3 Å². The van der Waals surface area contributed by atoms with Crippen LogP contribution in [0.3, 0.4) is 0 Å². The summed E-state index contributed by atoms with van der Waals surface area (Å²) in [7, 11) is 0. The van der Waals surface area contributed by atoms with Crippen LogP contribution in [0.2, 0.25) is 0 Å². The molecule has 0 bridgehead atoms. The number of hydrogen-bond acceptors (Lipinski definition) is 8. The maximum atomic E-state index is 13.6. The van der Waals surface area contributed by atoms with Gasteiger partial charge in [-0.3, -0.25) is 19.8 Å². The summed E-state index contributed by atoms with van der Waals surface area (Å²) in [5, 5.41) is 19.0. The summed E-state index contributed by atoms with van der Waals surface area (Å²) in [6.07, 6.45) is 0.829. The van der Waals surface area contributed by atoms with Crippen molar-refractivity contribution in [2.75, 3.05) is 18.4 Å². The summed E-state index contributed by atoms with van der Waals surface area (Å²) in [5.41, 5.74) is 5.52. The molecule has 1 aliphatic rings. The van der Waals surface area contributed by atoms with Crippen LogP contribution in [0.1, 0.15) is 65.9 Å². The van der Waals surface area contributed by atoms with Gasteiger partial charge in [-0.1, -0.05) is 13.8 Å². The second kappa shape index (κ2) is 14.9. The molecule has 0 radical (unpaired) electrons. The van der Waals surface area contributed by atoms with Crippen LogP contribution in [0.15, 0.2) is 33.5 Å². The number of nitrogens with two attached hydrogens (primary N) is 1. The van der Waals surface area contributed by atoms with Gasteiger partial charge in [0, 0.05) is 36.3 Å². The molecule has 45 heavy (non-hydrogen) atoms. The van der Waals surface area contributed by atoms with Gasteiger partial charge in [-0.05, 0) is 77.0 Å². The zero-order valence-electron chi connectivity index (χ0n) is 26.7. The zero-order valence-corrected chi connectivity index (χ0v) is 26.7. The van der Waals surface area contributed by atoms with Crippen molar-refractivity contribution in [2.24, 2.45) is 11.7 Å². The summed E-state index contributed by atoms with van der Waals surface area (Å²) in [6, 6.07) is 3.57. The Balaban J connectivity index is 1.77. The quantitative estimate of drug-likeness (QED) is 0.0933. The number of guanidine groups is 1. The highest BCUT2D eigenvalue weighted by atomic mass is 16.6. The van der Waals surface area contributed by atoms with Gasteiger partial charge < -0.3 is 41.1 Å². The van der Waals surface area contributed by atoms with Crippen LogP contribution in [0.4, 0.5) is 10.5 Å². The number of fused-ring (bicyclic) bond motifs is 1. The van der Waals surface area contributed by atoms with E-state index in [4.69, 9.17) is 20.3 Å². The van der Waals surface area contributed by atoms with Crippen LogP contribution in [0, 0.1) is 18.3 Å². The molecule has 1 fully saturated rings. The van der Waals surface area contributed by atoms with Crippen molar-refractivity contribution in [1.82, 2.24) is 20.9 Å². The van der Waals surface area contributed by atoms with Gasteiger partial charge >= 0.3 is 11.7 Å². The number of hydrogen-bond donors (Lipinski definition) is 6. The molecule has 3 atom stereocenters. The fourth-order valence-corrected chi connectivity index (χ4v) is 5.13. The van der Waals surface area contributed by atoms with Gasteiger partial charge in [-0.2, -0.15) is 0 Å². The lowest BCUT2D eigenvalue weighted by atomic mass is 10.0. The smallest absolute Gasteiger partial charge is 0.408 e. The highest BCUT2D eigenvalue weighted by molar-refractivity contribution is 6.00. The van der Waals surface area contributed by atoms with Crippen molar-refractivity contribution in [2.45, 2.75) is 91.0 Å². The summed E-state index contributed by atoms with van der Waals surface area (Å²) in [6.45, 7) is 11.2. The van der Waals surface area contributed by atoms with Crippen molar-refractivity contribution in [3.05, 3.63) is 40.2 Å². The van der Waals surface area contributed by atoms with E-state index in [1.54, 1.807) is 59.7 Å². The number of carbonyl (C=O) groups is 4. The number of ether oxygens (including phenoxy) is 1. The first-order valence-corrected chi connectivity index (χ1v) is 15.1. The van der Waals surface area contributed by atoms with Gasteiger partial charge in [-0.25, -0.2) is 9.59 Å². The highest BCUT2D eigenvalue weighted by Crippen LogP contribution is 2.23. The Kier molecular flexibility index (Phi) is 11.5. The summed E-state index contributed by atoms with van der Waals surface area (Å²) < 4.78 is 10.6. The number of anilines is 1. The van der Waals surface area contributed by atoms with E-state index in [9.17, 15) is 24.0 Å². The second-order valence-corrected chi connectivity index (χ2v) is 12.6. The van der Waals surface area contributed by atoms with Gasteiger partial charge in [0.25, 0.3) is 0 Å². The molecule has 14 nitrogen and oxygen atoms in total. The normalized spacial score (nSPS) is 16.2. The average molecular weight is 628 g/mol. The van der Waals surface area contributed by atoms with E-state index in [1.807, 2.05) is 0 Å². The number of rotatable bonds is 11. The van der Waals surface area contributed by atoms with Crippen molar-refractivity contribution in [1.29, 1.82) is 5.41 Å². The molecule has 1 aliphatic heterocycles. The third kappa shape index (κ3) is 9.95. The van der Waals surface area contributed by atoms with Crippen molar-refractivity contribution < 1.29 is 28.3 Å². The van der Waals surface area contributed by atoms with Crippen LogP contribution in [0.5, 0.6) is 0 Å². The Labute approximate surface area is 262 Å². The average Bonchev–Trinajstić information content (AvgIpc) is 3.41. The Morgan fingerprint density at radius 1 is 1.16 bits per heavy atom. The molecule has 1 aromatic heterocycles. The van der Waals surface area contributed by atoms with Gasteiger partial charge in [-0.15, -0.1) is 0 Å². The van der Waals surface area contributed by atoms with Gasteiger partial charge in [0.15, 0.2) is 5.96 Å². The number of nitrogens with zero attached hydrogens (tertiary/aromatic N) is 1.